The SMILES string of the molecule is CC1(C)OB(c2cnc(C3COC3)s2)OC1(C)C. The molecule has 0 amide bonds. The van der Waals surface area contributed by atoms with Crippen molar-refractivity contribution in [2.45, 2.75) is 44.8 Å². The lowest BCUT2D eigenvalue weighted by Crippen LogP contribution is -2.41. The van der Waals surface area contributed by atoms with Gasteiger partial charge in [-0.3, -0.25) is 0 Å². The third-order valence-corrected chi connectivity index (χ3v) is 5.20. The fourth-order valence-electron chi connectivity index (χ4n) is 1.94. The zero-order valence-corrected chi connectivity index (χ0v) is 12.0. The van der Waals surface area contributed by atoms with E-state index in [4.69, 9.17) is 14.0 Å². The van der Waals surface area contributed by atoms with Crippen molar-refractivity contribution in [3.8, 4) is 0 Å². The van der Waals surface area contributed by atoms with Crippen LogP contribution in [0, 0.1) is 0 Å². The molecule has 18 heavy (non-hydrogen) atoms. The van der Waals surface area contributed by atoms with Crippen LogP contribution < -0.4 is 4.78 Å². The molecule has 2 fully saturated rings. The predicted molar refractivity (Wildman–Crippen MR) is 71.4 cm³/mol. The van der Waals surface area contributed by atoms with Crippen molar-refractivity contribution in [3.05, 3.63) is 11.2 Å². The van der Waals surface area contributed by atoms with Crippen molar-refractivity contribution >= 4 is 23.2 Å². The van der Waals surface area contributed by atoms with Crippen LogP contribution in [-0.2, 0) is 14.0 Å². The van der Waals surface area contributed by atoms with Gasteiger partial charge in [0.25, 0.3) is 0 Å². The highest BCUT2D eigenvalue weighted by molar-refractivity contribution is 7.22. The molecule has 0 unspecified atom stereocenters. The molecule has 0 aliphatic carbocycles. The molecule has 0 saturated carbocycles. The molecular formula is C12H18BNO3S. The first-order chi connectivity index (χ1) is 8.39. The maximum Gasteiger partial charge on any atom is 0.507 e. The molecule has 2 aliphatic heterocycles. The maximum atomic E-state index is 6.01. The minimum Gasteiger partial charge on any atom is -0.399 e. The highest BCUT2D eigenvalue weighted by Gasteiger charge is 2.52. The fraction of sp³-hybridized carbons (Fsp3) is 0.750. The zero-order valence-electron chi connectivity index (χ0n) is 11.2. The van der Waals surface area contributed by atoms with Crippen molar-refractivity contribution in [2.24, 2.45) is 0 Å². The Hall–Kier alpha value is -0.425. The van der Waals surface area contributed by atoms with E-state index < -0.39 is 0 Å². The van der Waals surface area contributed by atoms with Crippen molar-refractivity contribution < 1.29 is 14.0 Å². The lowest BCUT2D eigenvalue weighted by molar-refractivity contribution is 0.00578. The second-order valence-electron chi connectivity index (χ2n) is 5.92. The Balaban J connectivity index is 1.78. The molecule has 98 valence electrons. The van der Waals surface area contributed by atoms with Gasteiger partial charge in [0.05, 0.1) is 40.1 Å². The molecule has 2 saturated heterocycles. The average Bonchev–Trinajstić information content (AvgIpc) is 2.68. The van der Waals surface area contributed by atoms with Gasteiger partial charge in [-0.2, -0.15) is 0 Å². The summed E-state index contributed by atoms with van der Waals surface area (Å²) >= 11 is 1.67. The summed E-state index contributed by atoms with van der Waals surface area (Å²) in [7, 11) is -0.290. The van der Waals surface area contributed by atoms with Gasteiger partial charge >= 0.3 is 7.12 Å². The Kier molecular flexibility index (Phi) is 2.82. The van der Waals surface area contributed by atoms with E-state index in [2.05, 4.69) is 32.7 Å². The maximum absolute atomic E-state index is 6.01. The number of ether oxygens (including phenoxy) is 1. The van der Waals surface area contributed by atoms with E-state index in [0.717, 1.165) is 23.0 Å². The fourth-order valence-corrected chi connectivity index (χ4v) is 2.88. The molecule has 4 nitrogen and oxygen atoms in total. The van der Waals surface area contributed by atoms with Crippen molar-refractivity contribution in [2.75, 3.05) is 13.2 Å². The third kappa shape index (κ3) is 1.91. The Bertz CT molecular complexity index is 440. The van der Waals surface area contributed by atoms with E-state index in [0.29, 0.717) is 5.92 Å². The van der Waals surface area contributed by atoms with Crippen LogP contribution in [0.1, 0.15) is 38.6 Å². The van der Waals surface area contributed by atoms with E-state index in [1.54, 1.807) is 11.3 Å². The van der Waals surface area contributed by atoms with E-state index in [-0.39, 0.29) is 18.3 Å². The Labute approximate surface area is 112 Å². The molecule has 0 radical (unpaired) electrons. The van der Waals surface area contributed by atoms with Crippen LogP contribution in [-0.4, -0.2) is 36.5 Å². The lowest BCUT2D eigenvalue weighted by Gasteiger charge is -2.32. The summed E-state index contributed by atoms with van der Waals surface area (Å²) in [6.07, 6.45) is 1.88. The van der Waals surface area contributed by atoms with E-state index in [9.17, 15) is 0 Å². The first-order valence-electron chi connectivity index (χ1n) is 6.28. The van der Waals surface area contributed by atoms with E-state index >= 15 is 0 Å². The van der Waals surface area contributed by atoms with Gasteiger partial charge in [0.1, 0.15) is 0 Å². The summed E-state index contributed by atoms with van der Waals surface area (Å²) < 4.78 is 18.3. The van der Waals surface area contributed by atoms with Crippen molar-refractivity contribution in [3.63, 3.8) is 0 Å². The number of thiazole rings is 1. The quantitative estimate of drug-likeness (QED) is 0.762. The molecule has 6 heteroatoms. The summed E-state index contributed by atoms with van der Waals surface area (Å²) in [6, 6.07) is 0. The van der Waals surface area contributed by atoms with Gasteiger partial charge in [-0.25, -0.2) is 4.98 Å². The third-order valence-electron chi connectivity index (χ3n) is 4.01. The van der Waals surface area contributed by atoms with Gasteiger partial charge in [-0.15, -0.1) is 11.3 Å². The molecule has 0 N–H and O–H groups in total. The van der Waals surface area contributed by atoms with Crippen molar-refractivity contribution in [1.29, 1.82) is 0 Å². The molecule has 1 aromatic heterocycles. The molecule has 3 rings (SSSR count). The largest absolute Gasteiger partial charge is 0.507 e. The topological polar surface area (TPSA) is 40.6 Å². The number of hydrogen-bond acceptors (Lipinski definition) is 5. The van der Waals surface area contributed by atoms with Crippen LogP contribution in [0.5, 0.6) is 0 Å². The van der Waals surface area contributed by atoms with Crippen molar-refractivity contribution in [1.82, 2.24) is 4.98 Å². The van der Waals surface area contributed by atoms with Crippen LogP contribution in [0.4, 0.5) is 0 Å². The summed E-state index contributed by atoms with van der Waals surface area (Å²) in [5.74, 6) is 0.464. The Morgan fingerprint density at radius 2 is 1.83 bits per heavy atom. The number of aromatic nitrogens is 1. The summed E-state index contributed by atoms with van der Waals surface area (Å²) in [4.78, 5) is 4.46. The van der Waals surface area contributed by atoms with Crippen LogP contribution in [0.15, 0.2) is 6.20 Å². The van der Waals surface area contributed by atoms with Gasteiger partial charge in [-0.05, 0) is 27.7 Å². The Morgan fingerprint density at radius 1 is 1.22 bits per heavy atom. The number of hydrogen-bond donors (Lipinski definition) is 0. The predicted octanol–water partition coefficient (Wildman–Crippen LogP) is 1.56. The van der Waals surface area contributed by atoms with Gasteiger partial charge in [0.15, 0.2) is 0 Å². The number of nitrogens with zero attached hydrogens (tertiary/aromatic N) is 1. The molecule has 3 heterocycles. The van der Waals surface area contributed by atoms with Gasteiger partial charge in [0, 0.05) is 6.20 Å². The highest BCUT2D eigenvalue weighted by Crippen LogP contribution is 2.37. The van der Waals surface area contributed by atoms with Crippen LogP contribution in [0.2, 0.25) is 0 Å². The van der Waals surface area contributed by atoms with E-state index in [1.165, 1.54) is 0 Å². The molecule has 0 bridgehead atoms. The molecule has 2 aliphatic rings. The summed E-state index contributed by atoms with van der Waals surface area (Å²) in [5, 5.41) is 1.13. The van der Waals surface area contributed by atoms with Gasteiger partial charge < -0.3 is 14.0 Å². The second kappa shape index (κ2) is 4.03. The highest BCUT2D eigenvalue weighted by atomic mass is 32.1. The average molecular weight is 267 g/mol. The van der Waals surface area contributed by atoms with Gasteiger partial charge in [0.2, 0.25) is 0 Å². The van der Waals surface area contributed by atoms with Crippen LogP contribution in [0.3, 0.4) is 0 Å². The number of rotatable bonds is 2. The first-order valence-corrected chi connectivity index (χ1v) is 7.10. The molecule has 0 aromatic carbocycles. The van der Waals surface area contributed by atoms with Crippen LogP contribution >= 0.6 is 11.3 Å². The van der Waals surface area contributed by atoms with Crippen LogP contribution in [0.25, 0.3) is 0 Å². The molecule has 1 aromatic rings. The molecular weight excluding hydrogens is 249 g/mol. The minimum atomic E-state index is -0.290. The lowest BCUT2D eigenvalue weighted by atomic mass is 9.89. The summed E-state index contributed by atoms with van der Waals surface area (Å²) in [6.45, 7) is 9.83. The molecule has 0 spiro atoms. The standard InChI is InChI=1S/C12H18BNO3S/c1-11(2)12(3,4)17-13(16-11)9-5-14-10(18-9)8-6-15-7-8/h5,8H,6-7H2,1-4H3. The minimum absolute atomic E-state index is 0.290. The zero-order chi connectivity index (χ0) is 13.0. The van der Waals surface area contributed by atoms with Gasteiger partial charge in [-0.1, -0.05) is 0 Å². The Morgan fingerprint density at radius 3 is 2.33 bits per heavy atom. The first kappa shape index (κ1) is 12.6. The molecule has 0 atom stereocenters. The monoisotopic (exact) mass is 267 g/mol. The second-order valence-corrected chi connectivity index (χ2v) is 7.02. The normalized spacial score (nSPS) is 26.3. The smallest absolute Gasteiger partial charge is 0.399 e. The summed E-state index contributed by atoms with van der Waals surface area (Å²) in [5.41, 5.74) is -0.581. The van der Waals surface area contributed by atoms with E-state index in [1.807, 2.05) is 6.20 Å².